The zero-order valence-corrected chi connectivity index (χ0v) is 13.1. The van der Waals surface area contributed by atoms with Gasteiger partial charge in [0.25, 0.3) is 0 Å². The molecule has 8 heteroatoms. The maximum absolute atomic E-state index is 12.2. The number of aromatic nitrogens is 2. The smallest absolute Gasteiger partial charge is 0.240 e. The van der Waals surface area contributed by atoms with Crippen molar-refractivity contribution in [3.63, 3.8) is 0 Å². The normalized spacial score (nSPS) is 11.5. The SMILES string of the molecule is Cn1nccc1CNS(=O)(=O)c1ccc(CC(N)=S)cc1. The molecule has 21 heavy (non-hydrogen) atoms. The Morgan fingerprint density at radius 3 is 2.52 bits per heavy atom. The lowest BCUT2D eigenvalue weighted by Crippen LogP contribution is -2.24. The summed E-state index contributed by atoms with van der Waals surface area (Å²) in [5.41, 5.74) is 7.12. The lowest BCUT2D eigenvalue weighted by Gasteiger charge is -2.08. The van der Waals surface area contributed by atoms with Crippen LogP contribution in [-0.4, -0.2) is 23.2 Å². The summed E-state index contributed by atoms with van der Waals surface area (Å²) in [6, 6.07) is 8.25. The topological polar surface area (TPSA) is 90.0 Å². The number of sulfonamides is 1. The molecule has 0 spiro atoms. The molecule has 1 aromatic carbocycles. The van der Waals surface area contributed by atoms with E-state index in [1.54, 1.807) is 48.3 Å². The van der Waals surface area contributed by atoms with Gasteiger partial charge in [-0.1, -0.05) is 24.4 Å². The molecule has 0 aliphatic rings. The number of rotatable bonds is 6. The fourth-order valence-electron chi connectivity index (χ4n) is 1.81. The summed E-state index contributed by atoms with van der Waals surface area (Å²) in [5.74, 6) is 0. The van der Waals surface area contributed by atoms with Crippen LogP contribution < -0.4 is 10.5 Å². The number of nitrogens with two attached hydrogens (primary N) is 1. The van der Waals surface area contributed by atoms with E-state index in [1.807, 2.05) is 0 Å². The van der Waals surface area contributed by atoms with Crippen LogP contribution in [0.5, 0.6) is 0 Å². The summed E-state index contributed by atoms with van der Waals surface area (Å²) in [7, 11) is -1.80. The van der Waals surface area contributed by atoms with Crippen LogP contribution in [0.3, 0.4) is 0 Å². The number of benzene rings is 1. The molecular weight excluding hydrogens is 308 g/mol. The Balaban J connectivity index is 2.08. The highest BCUT2D eigenvalue weighted by molar-refractivity contribution is 7.89. The molecule has 0 aliphatic heterocycles. The fourth-order valence-corrected chi connectivity index (χ4v) is 2.98. The Morgan fingerprint density at radius 1 is 1.33 bits per heavy atom. The van der Waals surface area contributed by atoms with Crippen molar-refractivity contribution in [2.45, 2.75) is 17.9 Å². The lowest BCUT2D eigenvalue weighted by molar-refractivity contribution is 0.577. The highest BCUT2D eigenvalue weighted by Crippen LogP contribution is 2.11. The first-order valence-corrected chi connectivity index (χ1v) is 8.11. The number of nitrogens with one attached hydrogen (secondary N) is 1. The molecule has 6 nitrogen and oxygen atoms in total. The Hall–Kier alpha value is -1.77. The Kier molecular flexibility index (Phi) is 4.71. The van der Waals surface area contributed by atoms with Gasteiger partial charge in [0.2, 0.25) is 10.0 Å². The Bertz CT molecular complexity index is 736. The number of thiocarbonyl (C=S) groups is 1. The molecule has 0 atom stereocenters. The van der Waals surface area contributed by atoms with Gasteiger partial charge in [0, 0.05) is 19.7 Å². The zero-order valence-electron chi connectivity index (χ0n) is 11.5. The number of hydrogen-bond acceptors (Lipinski definition) is 4. The molecule has 3 N–H and O–H groups in total. The Morgan fingerprint density at radius 2 is 2.00 bits per heavy atom. The third-order valence-electron chi connectivity index (χ3n) is 2.98. The van der Waals surface area contributed by atoms with E-state index in [0.717, 1.165) is 11.3 Å². The van der Waals surface area contributed by atoms with E-state index >= 15 is 0 Å². The molecular formula is C13H16N4O2S2. The second-order valence-electron chi connectivity index (χ2n) is 4.56. The van der Waals surface area contributed by atoms with E-state index in [0.29, 0.717) is 11.4 Å². The minimum Gasteiger partial charge on any atom is -0.393 e. The van der Waals surface area contributed by atoms with Crippen LogP contribution in [0.15, 0.2) is 41.4 Å². The van der Waals surface area contributed by atoms with Crippen molar-refractivity contribution in [1.82, 2.24) is 14.5 Å². The van der Waals surface area contributed by atoms with Crippen LogP contribution in [0.25, 0.3) is 0 Å². The number of nitrogens with zero attached hydrogens (tertiary/aromatic N) is 2. The molecule has 0 saturated heterocycles. The van der Waals surface area contributed by atoms with Crippen LogP contribution >= 0.6 is 12.2 Å². The molecule has 0 aliphatic carbocycles. The molecule has 0 bridgehead atoms. The van der Waals surface area contributed by atoms with Crippen molar-refractivity contribution in [3.8, 4) is 0 Å². The van der Waals surface area contributed by atoms with Gasteiger partial charge >= 0.3 is 0 Å². The van der Waals surface area contributed by atoms with Crippen molar-refractivity contribution < 1.29 is 8.42 Å². The first-order valence-electron chi connectivity index (χ1n) is 6.22. The van der Waals surface area contributed by atoms with Gasteiger partial charge in [-0.05, 0) is 23.8 Å². The summed E-state index contributed by atoms with van der Waals surface area (Å²) in [5, 5.41) is 3.99. The van der Waals surface area contributed by atoms with Gasteiger partial charge in [-0.3, -0.25) is 4.68 Å². The standard InChI is InChI=1S/C13H16N4O2S2/c1-17-11(6-7-15-17)9-16-21(18,19)12-4-2-10(3-5-12)8-13(14)20/h2-7,16H,8-9H2,1H3,(H2,14,20). The third kappa shape index (κ3) is 4.10. The van der Waals surface area contributed by atoms with Gasteiger partial charge in [0.05, 0.1) is 22.1 Å². The summed E-state index contributed by atoms with van der Waals surface area (Å²) >= 11 is 4.82. The van der Waals surface area contributed by atoms with Crippen molar-refractivity contribution in [3.05, 3.63) is 47.8 Å². The van der Waals surface area contributed by atoms with E-state index in [9.17, 15) is 8.42 Å². The molecule has 1 heterocycles. The van der Waals surface area contributed by atoms with Crippen LogP contribution in [0.4, 0.5) is 0 Å². The maximum atomic E-state index is 12.2. The minimum absolute atomic E-state index is 0.188. The van der Waals surface area contributed by atoms with Gasteiger partial charge in [0.15, 0.2) is 0 Å². The van der Waals surface area contributed by atoms with Crippen molar-refractivity contribution in [2.24, 2.45) is 12.8 Å². The molecule has 2 rings (SSSR count). The van der Waals surface area contributed by atoms with Crippen LogP contribution in [0.2, 0.25) is 0 Å². The van der Waals surface area contributed by atoms with Crippen molar-refractivity contribution in [2.75, 3.05) is 0 Å². The van der Waals surface area contributed by atoms with E-state index in [2.05, 4.69) is 9.82 Å². The molecule has 112 valence electrons. The van der Waals surface area contributed by atoms with Crippen molar-refractivity contribution in [1.29, 1.82) is 0 Å². The Labute approximate surface area is 129 Å². The first-order chi connectivity index (χ1) is 9.88. The average molecular weight is 324 g/mol. The number of hydrogen-bond donors (Lipinski definition) is 2. The molecule has 0 unspecified atom stereocenters. The molecule has 0 fully saturated rings. The summed E-state index contributed by atoms with van der Waals surface area (Å²) < 4.78 is 28.5. The predicted molar refractivity (Wildman–Crippen MR) is 84.2 cm³/mol. The van der Waals surface area contributed by atoms with Gasteiger partial charge in [-0.2, -0.15) is 5.10 Å². The summed E-state index contributed by atoms with van der Waals surface area (Å²) in [6.07, 6.45) is 2.08. The van der Waals surface area contributed by atoms with E-state index in [4.69, 9.17) is 18.0 Å². The van der Waals surface area contributed by atoms with Crippen LogP contribution in [-0.2, 0) is 30.0 Å². The molecule has 0 saturated carbocycles. The highest BCUT2D eigenvalue weighted by Gasteiger charge is 2.14. The maximum Gasteiger partial charge on any atom is 0.240 e. The van der Waals surface area contributed by atoms with Gasteiger partial charge in [-0.25, -0.2) is 13.1 Å². The molecule has 0 radical (unpaired) electrons. The lowest BCUT2D eigenvalue weighted by atomic mass is 10.1. The van der Waals surface area contributed by atoms with Crippen LogP contribution in [0.1, 0.15) is 11.3 Å². The fraction of sp³-hybridized carbons (Fsp3) is 0.231. The number of aryl methyl sites for hydroxylation is 1. The monoisotopic (exact) mass is 324 g/mol. The molecule has 0 amide bonds. The van der Waals surface area contributed by atoms with Crippen LogP contribution in [0, 0.1) is 0 Å². The van der Waals surface area contributed by atoms with Crippen molar-refractivity contribution >= 4 is 27.2 Å². The average Bonchev–Trinajstić information content (AvgIpc) is 2.82. The van der Waals surface area contributed by atoms with E-state index in [-0.39, 0.29) is 11.4 Å². The van der Waals surface area contributed by atoms with E-state index < -0.39 is 10.0 Å². The predicted octanol–water partition coefficient (Wildman–Crippen LogP) is 0.727. The third-order valence-corrected chi connectivity index (χ3v) is 4.54. The zero-order chi connectivity index (χ0) is 15.5. The summed E-state index contributed by atoms with van der Waals surface area (Å²) in [4.78, 5) is 0.580. The second-order valence-corrected chi connectivity index (χ2v) is 6.85. The van der Waals surface area contributed by atoms with Gasteiger partial charge < -0.3 is 5.73 Å². The minimum atomic E-state index is -3.55. The molecule has 2 aromatic rings. The molecule has 1 aromatic heterocycles. The highest BCUT2D eigenvalue weighted by atomic mass is 32.2. The largest absolute Gasteiger partial charge is 0.393 e. The summed E-state index contributed by atoms with van der Waals surface area (Å²) in [6.45, 7) is 0.188. The van der Waals surface area contributed by atoms with E-state index in [1.165, 1.54) is 0 Å². The van der Waals surface area contributed by atoms with Gasteiger partial charge in [-0.15, -0.1) is 0 Å². The quantitative estimate of drug-likeness (QED) is 0.765. The second kappa shape index (κ2) is 6.33. The van der Waals surface area contributed by atoms with Gasteiger partial charge in [0.1, 0.15) is 0 Å². The first kappa shape index (κ1) is 15.6.